The van der Waals surface area contributed by atoms with Gasteiger partial charge < -0.3 is 39.4 Å². The number of rotatable bonds is 10. The van der Waals surface area contributed by atoms with Crippen LogP contribution in [0.1, 0.15) is 51.4 Å². The van der Waals surface area contributed by atoms with Crippen LogP contribution >= 0.6 is 0 Å². The van der Waals surface area contributed by atoms with E-state index in [1.807, 2.05) is 12.1 Å². The van der Waals surface area contributed by atoms with Gasteiger partial charge in [0, 0.05) is 84.7 Å². The first-order valence-corrected chi connectivity index (χ1v) is 16.7. The maximum Gasteiger partial charge on any atom is 0.162 e. The van der Waals surface area contributed by atoms with Crippen LogP contribution < -0.4 is 39.4 Å². The van der Waals surface area contributed by atoms with E-state index >= 15 is 0 Å². The summed E-state index contributed by atoms with van der Waals surface area (Å²) in [5.74, 6) is 4.61. The summed E-state index contributed by atoms with van der Waals surface area (Å²) in [7, 11) is 6.72. The molecule has 10 heteroatoms. The molecule has 244 valence electrons. The van der Waals surface area contributed by atoms with Gasteiger partial charge in [0.2, 0.25) is 0 Å². The molecule has 0 radical (unpaired) electrons. The number of hydrogen-bond acceptors (Lipinski definition) is 10. The lowest BCUT2D eigenvalue weighted by atomic mass is 9.90. The van der Waals surface area contributed by atoms with Crippen molar-refractivity contribution in [3.05, 3.63) is 36.4 Å². The Bertz CT molecular complexity index is 1580. The molecule has 4 aromatic rings. The van der Waals surface area contributed by atoms with Gasteiger partial charge in [0.25, 0.3) is 0 Å². The molecule has 10 nitrogen and oxygen atoms in total. The van der Waals surface area contributed by atoms with Gasteiger partial charge in [-0.3, -0.25) is 0 Å². The molecule has 46 heavy (non-hydrogen) atoms. The van der Waals surface area contributed by atoms with Gasteiger partial charge in [-0.05, 0) is 50.7 Å². The maximum absolute atomic E-state index is 5.66. The smallest absolute Gasteiger partial charge is 0.162 e. The predicted molar refractivity (Wildman–Crippen MR) is 186 cm³/mol. The fourth-order valence-electron chi connectivity index (χ4n) is 7.51. The first kappa shape index (κ1) is 30.3. The Balaban J connectivity index is 1.22. The SMILES string of the molecule is COc1cc2nc(N[C@@H]3CCCC[C@H]3Nc3cc(N4CCCC4)c4cc(OC)c(OC)cc4n3)cc(N3CCCC3)c2cc1OC. The highest BCUT2D eigenvalue weighted by molar-refractivity contribution is 5.97. The average molecular weight is 627 g/mol. The monoisotopic (exact) mass is 626 g/mol. The number of anilines is 4. The van der Waals surface area contributed by atoms with Gasteiger partial charge in [0.1, 0.15) is 11.6 Å². The van der Waals surface area contributed by atoms with Gasteiger partial charge in [0.05, 0.1) is 39.5 Å². The highest BCUT2D eigenvalue weighted by Crippen LogP contribution is 2.40. The highest BCUT2D eigenvalue weighted by atomic mass is 16.5. The molecular formula is C36H46N6O4. The zero-order chi connectivity index (χ0) is 31.6. The summed E-state index contributed by atoms with van der Waals surface area (Å²) in [5, 5.41) is 9.91. The Hall–Kier alpha value is -4.34. The minimum absolute atomic E-state index is 0.198. The van der Waals surface area contributed by atoms with E-state index in [2.05, 4.69) is 44.7 Å². The van der Waals surface area contributed by atoms with Crippen LogP contribution in [0, 0.1) is 0 Å². The molecule has 2 saturated heterocycles. The molecule has 4 heterocycles. The molecule has 0 unspecified atom stereocenters. The standard InChI is InChI=1S/C36H46N6O4/c1-43-31-17-23-27(19-33(31)45-3)39-35(21-29(23)41-13-7-8-14-41)37-25-11-5-6-12-26(25)38-36-22-30(42-15-9-10-16-42)24-18-32(44-2)34(46-4)20-28(24)40-36/h17-22,25-26H,5-16H2,1-4H3,(H,37,39)(H,38,40)/t25-,26-/m1/s1. The first-order valence-electron chi connectivity index (χ1n) is 16.7. The van der Waals surface area contributed by atoms with E-state index in [0.29, 0.717) is 11.5 Å². The number of ether oxygens (including phenoxy) is 4. The molecule has 2 atom stereocenters. The Morgan fingerprint density at radius 2 is 0.891 bits per heavy atom. The topological polar surface area (TPSA) is 93.2 Å². The lowest BCUT2D eigenvalue weighted by Gasteiger charge is -2.34. The highest BCUT2D eigenvalue weighted by Gasteiger charge is 2.28. The van der Waals surface area contributed by atoms with Gasteiger partial charge in [-0.15, -0.1) is 0 Å². The van der Waals surface area contributed by atoms with Crippen molar-refractivity contribution in [3.63, 3.8) is 0 Å². The van der Waals surface area contributed by atoms with Crippen molar-refractivity contribution in [2.24, 2.45) is 0 Å². The van der Waals surface area contributed by atoms with Crippen molar-refractivity contribution >= 4 is 44.8 Å². The van der Waals surface area contributed by atoms with Gasteiger partial charge in [-0.1, -0.05) is 12.8 Å². The van der Waals surface area contributed by atoms with Crippen molar-refractivity contribution in [3.8, 4) is 23.0 Å². The summed E-state index contributed by atoms with van der Waals surface area (Å²) in [5.41, 5.74) is 4.20. The Kier molecular flexibility index (Phi) is 8.69. The van der Waals surface area contributed by atoms with Crippen LogP contribution in [0.3, 0.4) is 0 Å². The summed E-state index contributed by atoms with van der Waals surface area (Å²) in [6.45, 7) is 4.18. The Morgan fingerprint density at radius 3 is 1.26 bits per heavy atom. The van der Waals surface area contributed by atoms with Crippen molar-refractivity contribution in [2.45, 2.75) is 63.5 Å². The van der Waals surface area contributed by atoms with E-state index in [0.717, 1.165) is 84.0 Å². The Morgan fingerprint density at radius 1 is 0.522 bits per heavy atom. The Labute approximate surface area is 271 Å². The number of aromatic nitrogens is 2. The molecule has 3 aliphatic rings. The van der Waals surface area contributed by atoms with E-state index in [4.69, 9.17) is 28.9 Å². The van der Waals surface area contributed by atoms with E-state index in [1.54, 1.807) is 28.4 Å². The van der Waals surface area contributed by atoms with Crippen LogP contribution in [0.2, 0.25) is 0 Å². The summed E-state index contributed by atoms with van der Waals surface area (Å²) in [6.07, 6.45) is 9.26. The van der Waals surface area contributed by atoms with Crippen LogP contribution in [-0.2, 0) is 0 Å². The largest absolute Gasteiger partial charge is 0.493 e. The minimum Gasteiger partial charge on any atom is -0.493 e. The number of fused-ring (bicyclic) bond motifs is 2. The number of methoxy groups -OCH3 is 4. The normalized spacial score (nSPS) is 19.9. The van der Waals surface area contributed by atoms with Gasteiger partial charge >= 0.3 is 0 Å². The second kappa shape index (κ2) is 13.2. The number of nitrogens with zero attached hydrogens (tertiary/aromatic N) is 4. The van der Waals surface area contributed by atoms with Gasteiger partial charge in [-0.25, -0.2) is 9.97 Å². The number of benzene rings is 2. The first-order chi connectivity index (χ1) is 22.6. The van der Waals surface area contributed by atoms with E-state index < -0.39 is 0 Å². The molecule has 0 bridgehead atoms. The molecule has 1 saturated carbocycles. The molecule has 2 N–H and O–H groups in total. The predicted octanol–water partition coefficient (Wildman–Crippen LogP) is 6.85. The zero-order valence-corrected chi connectivity index (χ0v) is 27.5. The van der Waals surface area contributed by atoms with Crippen LogP contribution in [0.5, 0.6) is 23.0 Å². The maximum atomic E-state index is 5.66. The van der Waals surface area contributed by atoms with Crippen molar-refractivity contribution in [2.75, 3.05) is 75.1 Å². The number of pyridine rings is 2. The van der Waals surface area contributed by atoms with Crippen LogP contribution in [0.15, 0.2) is 36.4 Å². The summed E-state index contributed by atoms with van der Waals surface area (Å²) in [4.78, 5) is 15.2. The molecule has 0 spiro atoms. The summed E-state index contributed by atoms with van der Waals surface area (Å²) in [6, 6.07) is 13.0. The number of hydrogen-bond donors (Lipinski definition) is 2. The molecule has 2 aromatic heterocycles. The lowest BCUT2D eigenvalue weighted by molar-refractivity contribution is 0.356. The fourth-order valence-corrected chi connectivity index (χ4v) is 7.51. The molecule has 2 aliphatic heterocycles. The van der Waals surface area contributed by atoms with Gasteiger partial charge in [0.15, 0.2) is 23.0 Å². The quantitative estimate of drug-likeness (QED) is 0.195. The number of nitrogens with one attached hydrogen (secondary N) is 2. The average Bonchev–Trinajstić information content (AvgIpc) is 3.83. The van der Waals surface area contributed by atoms with Crippen LogP contribution in [0.4, 0.5) is 23.0 Å². The molecular weight excluding hydrogens is 580 g/mol. The molecule has 3 fully saturated rings. The third-order valence-corrected chi connectivity index (χ3v) is 9.91. The third kappa shape index (κ3) is 5.85. The van der Waals surface area contributed by atoms with Crippen molar-refractivity contribution in [1.29, 1.82) is 0 Å². The van der Waals surface area contributed by atoms with E-state index in [1.165, 1.54) is 49.9 Å². The van der Waals surface area contributed by atoms with E-state index in [-0.39, 0.29) is 12.1 Å². The molecule has 7 rings (SSSR count). The van der Waals surface area contributed by atoms with Crippen molar-refractivity contribution in [1.82, 2.24) is 9.97 Å². The summed E-state index contributed by atoms with van der Waals surface area (Å²) < 4.78 is 22.6. The second-order valence-corrected chi connectivity index (χ2v) is 12.7. The van der Waals surface area contributed by atoms with Crippen LogP contribution in [-0.4, -0.2) is 76.7 Å². The van der Waals surface area contributed by atoms with Gasteiger partial charge in [-0.2, -0.15) is 0 Å². The van der Waals surface area contributed by atoms with E-state index in [9.17, 15) is 0 Å². The second-order valence-electron chi connectivity index (χ2n) is 12.7. The molecule has 1 aliphatic carbocycles. The third-order valence-electron chi connectivity index (χ3n) is 9.91. The molecule has 0 amide bonds. The lowest BCUT2D eigenvalue weighted by Crippen LogP contribution is -2.42. The minimum atomic E-state index is 0.198. The van der Waals surface area contributed by atoms with Crippen LogP contribution in [0.25, 0.3) is 21.8 Å². The molecule has 2 aromatic carbocycles. The fraction of sp³-hybridized carbons (Fsp3) is 0.500. The van der Waals surface area contributed by atoms with Crippen molar-refractivity contribution < 1.29 is 18.9 Å². The zero-order valence-electron chi connectivity index (χ0n) is 27.5. The summed E-state index contributed by atoms with van der Waals surface area (Å²) >= 11 is 0.